The fourth-order valence-electron chi connectivity index (χ4n) is 0.605. The van der Waals surface area contributed by atoms with Crippen LogP contribution in [-0.2, 0) is 11.2 Å². The molecule has 1 heterocycles. The van der Waals surface area contributed by atoms with Gasteiger partial charge in [-0.25, -0.2) is 0 Å². The van der Waals surface area contributed by atoms with E-state index in [0.29, 0.717) is 6.42 Å². The summed E-state index contributed by atoms with van der Waals surface area (Å²) in [7, 11) is 0. The van der Waals surface area contributed by atoms with Crippen LogP contribution in [0.15, 0.2) is 10.7 Å². The van der Waals surface area contributed by atoms with Crippen LogP contribution in [0.5, 0.6) is 0 Å². The fourth-order valence-corrected chi connectivity index (χ4v) is 0.605. The molecule has 1 aromatic rings. The lowest BCUT2D eigenvalue weighted by atomic mass is 10.2. The number of aryl methyl sites for hydroxylation is 1. The maximum Gasteiger partial charge on any atom is 0.137 e. The quantitative estimate of drug-likeness (QED) is 0.547. The lowest BCUT2D eigenvalue weighted by Crippen LogP contribution is -1.83. The topological polar surface area (TPSA) is 43.1 Å². The molecule has 3 nitrogen and oxygen atoms in total. The van der Waals surface area contributed by atoms with E-state index in [1.165, 1.54) is 0 Å². The van der Waals surface area contributed by atoms with E-state index >= 15 is 0 Å². The lowest BCUT2D eigenvalue weighted by molar-refractivity contribution is -0.107. The number of carbonyl (C=O) groups is 1. The molecular weight excluding hydrogens is 118 g/mol. The van der Waals surface area contributed by atoms with Crippen LogP contribution in [0.3, 0.4) is 0 Å². The Hall–Kier alpha value is -1.12. The van der Waals surface area contributed by atoms with Gasteiger partial charge in [0.2, 0.25) is 0 Å². The molecule has 0 aliphatic rings. The zero-order valence-electron chi connectivity index (χ0n) is 5.13. The molecule has 0 bridgehead atoms. The number of hydrogen-bond donors (Lipinski definition) is 0. The average molecular weight is 125 g/mol. The molecule has 3 heteroatoms. The second-order valence-corrected chi connectivity index (χ2v) is 1.78. The van der Waals surface area contributed by atoms with Gasteiger partial charge in [0.25, 0.3) is 0 Å². The maximum atomic E-state index is 9.96. The molecule has 0 aromatic carbocycles. The molecule has 0 unspecified atom stereocenters. The maximum absolute atomic E-state index is 9.96. The van der Waals surface area contributed by atoms with Crippen LogP contribution >= 0.6 is 0 Å². The first kappa shape index (κ1) is 6.01. The Labute approximate surface area is 52.7 Å². The second-order valence-electron chi connectivity index (χ2n) is 1.78. The van der Waals surface area contributed by atoms with Gasteiger partial charge in [-0.2, -0.15) is 0 Å². The molecule has 1 aromatic heterocycles. The minimum absolute atomic E-state index is 0.398. The highest BCUT2D eigenvalue weighted by Gasteiger charge is 1.99. The highest BCUT2D eigenvalue weighted by atomic mass is 16.5. The summed E-state index contributed by atoms with van der Waals surface area (Å²) >= 11 is 0. The number of carbonyl (C=O) groups excluding carboxylic acids is 1. The molecule has 9 heavy (non-hydrogen) atoms. The summed E-state index contributed by atoms with van der Waals surface area (Å²) in [6.45, 7) is 1.78. The number of hydrogen-bond acceptors (Lipinski definition) is 3. The van der Waals surface area contributed by atoms with Gasteiger partial charge in [-0.15, -0.1) is 0 Å². The SMILES string of the molecule is Cc1oncc1CC=O. The number of rotatable bonds is 2. The van der Waals surface area contributed by atoms with Crippen molar-refractivity contribution in [3.63, 3.8) is 0 Å². The first-order valence-corrected chi connectivity index (χ1v) is 2.68. The Morgan fingerprint density at radius 2 is 2.67 bits per heavy atom. The molecule has 0 spiro atoms. The summed E-state index contributed by atoms with van der Waals surface area (Å²) in [6, 6.07) is 0. The van der Waals surface area contributed by atoms with Gasteiger partial charge >= 0.3 is 0 Å². The fraction of sp³-hybridized carbons (Fsp3) is 0.333. The Kier molecular flexibility index (Phi) is 1.63. The molecule has 1 rings (SSSR count). The van der Waals surface area contributed by atoms with Crippen molar-refractivity contribution in [2.75, 3.05) is 0 Å². The minimum Gasteiger partial charge on any atom is -0.361 e. The van der Waals surface area contributed by atoms with Crippen LogP contribution < -0.4 is 0 Å². The summed E-state index contributed by atoms with van der Waals surface area (Å²) in [5.74, 6) is 0.724. The predicted molar refractivity (Wildman–Crippen MR) is 31.0 cm³/mol. The van der Waals surface area contributed by atoms with Gasteiger partial charge in [0.1, 0.15) is 12.0 Å². The summed E-state index contributed by atoms with van der Waals surface area (Å²) in [5.41, 5.74) is 0.866. The van der Waals surface area contributed by atoms with Crippen molar-refractivity contribution >= 4 is 6.29 Å². The van der Waals surface area contributed by atoms with E-state index in [-0.39, 0.29) is 0 Å². The number of nitrogens with zero attached hydrogens (tertiary/aromatic N) is 1. The van der Waals surface area contributed by atoms with Crippen molar-refractivity contribution in [1.29, 1.82) is 0 Å². The smallest absolute Gasteiger partial charge is 0.137 e. The van der Waals surface area contributed by atoms with Gasteiger partial charge in [-0.3, -0.25) is 0 Å². The Morgan fingerprint density at radius 3 is 3.11 bits per heavy atom. The van der Waals surface area contributed by atoms with Crippen molar-refractivity contribution in [3.05, 3.63) is 17.5 Å². The zero-order valence-corrected chi connectivity index (χ0v) is 5.13. The standard InChI is InChI=1S/C6H7NO2/c1-5-6(2-3-8)4-7-9-5/h3-4H,2H2,1H3. The molecule has 0 aliphatic carbocycles. The average Bonchev–Trinajstić information content (AvgIpc) is 2.18. The monoisotopic (exact) mass is 125 g/mol. The number of aldehydes is 1. The first-order valence-electron chi connectivity index (χ1n) is 2.68. The van der Waals surface area contributed by atoms with Gasteiger partial charge < -0.3 is 9.32 Å². The van der Waals surface area contributed by atoms with Crippen LogP contribution in [0, 0.1) is 6.92 Å². The summed E-state index contributed by atoms with van der Waals surface area (Å²) < 4.78 is 4.71. The third-order valence-electron chi connectivity index (χ3n) is 1.15. The third-order valence-corrected chi connectivity index (χ3v) is 1.15. The van der Waals surface area contributed by atoms with Crippen molar-refractivity contribution < 1.29 is 9.32 Å². The normalized spacial score (nSPS) is 9.44. The van der Waals surface area contributed by atoms with Crippen LogP contribution in [0.1, 0.15) is 11.3 Å². The van der Waals surface area contributed by atoms with Crippen LogP contribution in [0.4, 0.5) is 0 Å². The van der Waals surface area contributed by atoms with E-state index in [4.69, 9.17) is 4.52 Å². The molecule has 0 fully saturated rings. The van der Waals surface area contributed by atoms with Gasteiger partial charge in [-0.1, -0.05) is 5.16 Å². The highest BCUT2D eigenvalue weighted by molar-refractivity contribution is 5.54. The highest BCUT2D eigenvalue weighted by Crippen LogP contribution is 2.04. The summed E-state index contributed by atoms with van der Waals surface area (Å²) in [6.07, 6.45) is 2.79. The molecule has 0 saturated heterocycles. The summed E-state index contributed by atoms with van der Waals surface area (Å²) in [4.78, 5) is 9.96. The van der Waals surface area contributed by atoms with Crippen LogP contribution in [-0.4, -0.2) is 11.4 Å². The molecule has 0 N–H and O–H groups in total. The molecule has 48 valence electrons. The van der Waals surface area contributed by atoms with Gasteiger partial charge in [-0.05, 0) is 6.92 Å². The van der Waals surface area contributed by atoms with Crippen LogP contribution in [0.25, 0.3) is 0 Å². The van der Waals surface area contributed by atoms with E-state index in [2.05, 4.69) is 5.16 Å². The zero-order chi connectivity index (χ0) is 6.69. The molecule has 0 amide bonds. The second kappa shape index (κ2) is 2.44. The van der Waals surface area contributed by atoms with Crippen molar-refractivity contribution in [2.45, 2.75) is 13.3 Å². The Balaban J connectivity index is 2.80. The van der Waals surface area contributed by atoms with Crippen molar-refractivity contribution in [3.8, 4) is 0 Å². The van der Waals surface area contributed by atoms with Gasteiger partial charge in [0.15, 0.2) is 0 Å². The van der Waals surface area contributed by atoms with E-state index in [0.717, 1.165) is 17.6 Å². The lowest BCUT2D eigenvalue weighted by Gasteiger charge is -1.83. The molecule has 0 atom stereocenters. The van der Waals surface area contributed by atoms with Gasteiger partial charge in [0.05, 0.1) is 6.20 Å². The van der Waals surface area contributed by atoms with E-state index in [9.17, 15) is 4.79 Å². The van der Waals surface area contributed by atoms with Gasteiger partial charge in [0, 0.05) is 12.0 Å². The molecule has 0 radical (unpaired) electrons. The summed E-state index contributed by atoms with van der Waals surface area (Å²) in [5, 5.41) is 3.51. The minimum atomic E-state index is 0.398. The molecular formula is C6H7NO2. The van der Waals surface area contributed by atoms with Crippen molar-refractivity contribution in [2.24, 2.45) is 0 Å². The molecule has 0 saturated carbocycles. The van der Waals surface area contributed by atoms with E-state index in [1.54, 1.807) is 13.1 Å². The Bertz CT molecular complexity index is 205. The first-order chi connectivity index (χ1) is 4.34. The number of aromatic nitrogens is 1. The van der Waals surface area contributed by atoms with Crippen LogP contribution in [0.2, 0.25) is 0 Å². The van der Waals surface area contributed by atoms with E-state index < -0.39 is 0 Å². The van der Waals surface area contributed by atoms with E-state index in [1.807, 2.05) is 0 Å². The van der Waals surface area contributed by atoms with Crippen molar-refractivity contribution in [1.82, 2.24) is 5.16 Å². The Morgan fingerprint density at radius 1 is 1.89 bits per heavy atom. The molecule has 0 aliphatic heterocycles. The largest absolute Gasteiger partial charge is 0.361 e. The third kappa shape index (κ3) is 1.16. The predicted octanol–water partition coefficient (Wildman–Crippen LogP) is 0.724.